The fraction of sp³-hybridized carbons (Fsp3) is 0.429. The summed E-state index contributed by atoms with van der Waals surface area (Å²) in [4.78, 5) is 11.0. The molecular formula is C7H10N2OS. The molecule has 0 aliphatic carbocycles. The molecule has 60 valence electrons. The molecule has 1 amide bonds. The van der Waals surface area contributed by atoms with Crippen LogP contribution in [0.3, 0.4) is 0 Å². The van der Waals surface area contributed by atoms with Crippen molar-refractivity contribution in [3.8, 4) is 0 Å². The molecule has 1 saturated heterocycles. The number of rotatable bonds is 2. The molecule has 1 rings (SSSR count). The van der Waals surface area contributed by atoms with Crippen LogP contribution in [0.4, 0.5) is 0 Å². The Morgan fingerprint density at radius 1 is 1.55 bits per heavy atom. The van der Waals surface area contributed by atoms with Crippen LogP contribution in [-0.4, -0.2) is 11.0 Å². The van der Waals surface area contributed by atoms with Gasteiger partial charge in [0.05, 0.1) is 0 Å². The predicted octanol–water partition coefficient (Wildman–Crippen LogP) is 0.675. The Morgan fingerprint density at radius 2 is 2.27 bits per heavy atom. The zero-order valence-electron chi connectivity index (χ0n) is 6.31. The lowest BCUT2D eigenvalue weighted by Gasteiger charge is -1.91. The zero-order chi connectivity index (χ0) is 8.27. The molecule has 0 unspecified atom stereocenters. The van der Waals surface area contributed by atoms with Gasteiger partial charge in [-0.1, -0.05) is 19.4 Å². The first kappa shape index (κ1) is 8.20. The van der Waals surface area contributed by atoms with Crippen molar-refractivity contribution in [3.05, 3.63) is 11.8 Å². The zero-order valence-corrected chi connectivity index (χ0v) is 7.12. The average molecular weight is 170 g/mol. The van der Waals surface area contributed by atoms with Gasteiger partial charge >= 0.3 is 0 Å². The number of allylic oxidation sites excluding steroid dienone is 1. The van der Waals surface area contributed by atoms with Gasteiger partial charge < -0.3 is 5.32 Å². The average Bonchev–Trinajstić information content (AvgIpc) is 2.26. The highest BCUT2D eigenvalue weighted by Crippen LogP contribution is 2.00. The monoisotopic (exact) mass is 170 g/mol. The van der Waals surface area contributed by atoms with E-state index in [0.717, 1.165) is 12.8 Å². The Kier molecular flexibility index (Phi) is 2.59. The fourth-order valence-corrected chi connectivity index (χ4v) is 1.02. The number of thiocarbonyl (C=S) groups is 1. The van der Waals surface area contributed by atoms with Crippen molar-refractivity contribution in [3.63, 3.8) is 0 Å². The maximum atomic E-state index is 11.0. The summed E-state index contributed by atoms with van der Waals surface area (Å²) in [6.45, 7) is 2.06. The summed E-state index contributed by atoms with van der Waals surface area (Å²) in [6, 6.07) is 0. The van der Waals surface area contributed by atoms with Gasteiger partial charge in [-0.2, -0.15) is 0 Å². The van der Waals surface area contributed by atoms with Gasteiger partial charge in [0.15, 0.2) is 5.11 Å². The third-order valence-electron chi connectivity index (χ3n) is 1.36. The van der Waals surface area contributed by atoms with Crippen LogP contribution in [0, 0.1) is 0 Å². The second-order valence-electron chi connectivity index (χ2n) is 2.31. The van der Waals surface area contributed by atoms with Crippen molar-refractivity contribution >= 4 is 23.2 Å². The standard InChI is InChI=1S/C7H10N2OS/c1-2-3-4-5-6(10)9-7(11)8-5/h4H,2-3H2,1H3,(H2,8,9,10,11)/b5-4-. The number of carbonyl (C=O) groups is 1. The van der Waals surface area contributed by atoms with Crippen molar-refractivity contribution in [2.75, 3.05) is 0 Å². The van der Waals surface area contributed by atoms with Gasteiger partial charge in [0.25, 0.3) is 5.91 Å². The minimum Gasteiger partial charge on any atom is -0.328 e. The number of amides is 1. The Labute approximate surface area is 70.9 Å². The summed E-state index contributed by atoms with van der Waals surface area (Å²) in [5.74, 6) is -0.122. The molecule has 4 heteroatoms. The summed E-state index contributed by atoms with van der Waals surface area (Å²) >= 11 is 4.74. The molecule has 0 radical (unpaired) electrons. The van der Waals surface area contributed by atoms with Crippen LogP contribution in [0.5, 0.6) is 0 Å². The quantitative estimate of drug-likeness (QED) is 0.473. The Balaban J connectivity index is 2.59. The Morgan fingerprint density at radius 3 is 2.73 bits per heavy atom. The van der Waals surface area contributed by atoms with Gasteiger partial charge in [-0.15, -0.1) is 0 Å². The van der Waals surface area contributed by atoms with Crippen LogP contribution in [0.1, 0.15) is 19.8 Å². The normalized spacial score (nSPS) is 20.3. The molecule has 1 aliphatic rings. The van der Waals surface area contributed by atoms with Crippen molar-refractivity contribution in [1.82, 2.24) is 10.6 Å². The first-order chi connectivity index (χ1) is 5.24. The van der Waals surface area contributed by atoms with Crippen LogP contribution >= 0.6 is 12.2 Å². The van der Waals surface area contributed by atoms with Gasteiger partial charge in [-0.05, 0) is 18.6 Å². The SMILES string of the molecule is CCC/C=C1\NC(=S)NC1=O. The maximum absolute atomic E-state index is 11.0. The van der Waals surface area contributed by atoms with E-state index < -0.39 is 0 Å². The van der Waals surface area contributed by atoms with E-state index in [0.29, 0.717) is 10.8 Å². The van der Waals surface area contributed by atoms with E-state index in [9.17, 15) is 4.79 Å². The second-order valence-corrected chi connectivity index (χ2v) is 2.72. The minimum atomic E-state index is -0.122. The smallest absolute Gasteiger partial charge is 0.273 e. The molecular weight excluding hydrogens is 160 g/mol. The van der Waals surface area contributed by atoms with Crippen LogP contribution in [0.2, 0.25) is 0 Å². The molecule has 0 atom stereocenters. The van der Waals surface area contributed by atoms with Crippen molar-refractivity contribution in [2.45, 2.75) is 19.8 Å². The highest BCUT2D eigenvalue weighted by Gasteiger charge is 2.18. The van der Waals surface area contributed by atoms with Crippen LogP contribution in [0.15, 0.2) is 11.8 Å². The lowest BCUT2D eigenvalue weighted by atomic mass is 10.3. The van der Waals surface area contributed by atoms with E-state index >= 15 is 0 Å². The molecule has 0 aromatic heterocycles. The van der Waals surface area contributed by atoms with E-state index in [1.807, 2.05) is 6.08 Å². The van der Waals surface area contributed by atoms with Crippen molar-refractivity contribution in [2.24, 2.45) is 0 Å². The number of hydrogen-bond acceptors (Lipinski definition) is 2. The first-order valence-electron chi connectivity index (χ1n) is 3.56. The fourth-order valence-electron chi connectivity index (χ4n) is 0.813. The third kappa shape index (κ3) is 2.01. The highest BCUT2D eigenvalue weighted by atomic mass is 32.1. The largest absolute Gasteiger partial charge is 0.328 e. The van der Waals surface area contributed by atoms with Gasteiger partial charge in [-0.3, -0.25) is 10.1 Å². The van der Waals surface area contributed by atoms with Crippen LogP contribution < -0.4 is 10.6 Å². The number of unbranched alkanes of at least 4 members (excludes halogenated alkanes) is 1. The van der Waals surface area contributed by atoms with E-state index in [1.54, 1.807) is 0 Å². The molecule has 0 saturated carbocycles. The molecule has 2 N–H and O–H groups in total. The van der Waals surface area contributed by atoms with Crippen molar-refractivity contribution < 1.29 is 4.79 Å². The number of hydrogen-bond donors (Lipinski definition) is 2. The van der Waals surface area contributed by atoms with Crippen molar-refractivity contribution in [1.29, 1.82) is 0 Å². The molecule has 1 aliphatic heterocycles. The molecule has 11 heavy (non-hydrogen) atoms. The summed E-state index contributed by atoms with van der Waals surface area (Å²) in [6.07, 6.45) is 3.79. The predicted molar refractivity (Wildman–Crippen MR) is 46.9 cm³/mol. The molecule has 1 heterocycles. The lowest BCUT2D eigenvalue weighted by molar-refractivity contribution is -0.115. The maximum Gasteiger partial charge on any atom is 0.273 e. The van der Waals surface area contributed by atoms with Crippen LogP contribution in [0.25, 0.3) is 0 Å². The number of carbonyl (C=O) groups excluding carboxylic acids is 1. The molecule has 0 spiro atoms. The summed E-state index contributed by atoms with van der Waals surface area (Å²) in [5.41, 5.74) is 0.580. The van der Waals surface area contributed by atoms with Gasteiger partial charge in [0.1, 0.15) is 5.70 Å². The van der Waals surface area contributed by atoms with Gasteiger partial charge in [-0.25, -0.2) is 0 Å². The summed E-state index contributed by atoms with van der Waals surface area (Å²) in [5, 5.41) is 5.66. The van der Waals surface area contributed by atoms with Gasteiger partial charge in [0.2, 0.25) is 0 Å². The molecule has 1 fully saturated rings. The summed E-state index contributed by atoms with van der Waals surface area (Å²) < 4.78 is 0. The number of nitrogens with one attached hydrogen (secondary N) is 2. The molecule has 0 bridgehead atoms. The molecule has 0 aromatic carbocycles. The summed E-state index contributed by atoms with van der Waals surface area (Å²) in [7, 11) is 0. The molecule has 3 nitrogen and oxygen atoms in total. The minimum absolute atomic E-state index is 0.122. The van der Waals surface area contributed by atoms with E-state index in [1.165, 1.54) is 0 Å². The second kappa shape index (κ2) is 3.48. The van der Waals surface area contributed by atoms with Gasteiger partial charge in [0, 0.05) is 0 Å². The topological polar surface area (TPSA) is 41.1 Å². The van der Waals surface area contributed by atoms with Crippen LogP contribution in [-0.2, 0) is 4.79 Å². The molecule has 0 aromatic rings. The Bertz CT molecular complexity index is 222. The highest BCUT2D eigenvalue weighted by molar-refractivity contribution is 7.80. The Hall–Kier alpha value is -0.900. The first-order valence-corrected chi connectivity index (χ1v) is 3.97. The van der Waals surface area contributed by atoms with E-state index in [2.05, 4.69) is 17.6 Å². The lowest BCUT2D eigenvalue weighted by Crippen LogP contribution is -2.21. The van der Waals surface area contributed by atoms with E-state index in [-0.39, 0.29) is 5.91 Å². The van der Waals surface area contributed by atoms with E-state index in [4.69, 9.17) is 12.2 Å². The third-order valence-corrected chi connectivity index (χ3v) is 1.56.